The third-order valence-electron chi connectivity index (χ3n) is 8.66. The number of fused-ring (bicyclic) bond motifs is 3. The van der Waals surface area contributed by atoms with Crippen LogP contribution in [0.15, 0.2) is 66.7 Å². The number of nitrogens with one attached hydrogen (secondary N) is 2. The van der Waals surface area contributed by atoms with Crippen molar-refractivity contribution >= 4 is 64.8 Å². The van der Waals surface area contributed by atoms with Gasteiger partial charge in [-0.1, -0.05) is 54.6 Å². The van der Waals surface area contributed by atoms with Gasteiger partial charge in [0.1, 0.15) is 25.1 Å². The minimum atomic E-state index is -1.58. The first-order chi connectivity index (χ1) is 27.8. The second kappa shape index (κ2) is 21.9. The summed E-state index contributed by atoms with van der Waals surface area (Å²) in [5.74, 6) is -3.85. The molecule has 0 saturated carbocycles. The van der Waals surface area contributed by atoms with Crippen molar-refractivity contribution in [3.05, 3.63) is 83.4 Å². The number of anilines is 1. The van der Waals surface area contributed by atoms with Gasteiger partial charge in [-0.2, -0.15) is 0 Å². The Hall–Kier alpha value is -5.42. The highest BCUT2D eigenvalue weighted by atomic mass is 35.5. The van der Waals surface area contributed by atoms with E-state index in [4.69, 9.17) is 56.4 Å². The third-order valence-corrected chi connectivity index (χ3v) is 8.66. The number of hydrogen-bond donors (Lipinski definition) is 3. The van der Waals surface area contributed by atoms with Gasteiger partial charge < -0.3 is 48.9 Å². The predicted molar refractivity (Wildman–Crippen MR) is 208 cm³/mol. The molecule has 16 nitrogen and oxygen atoms in total. The second-order valence-electron chi connectivity index (χ2n) is 12.8. The SMILES string of the molecule is CC(=O)OC[C@H]1O[C@@H](Oc2ccc(CO)cc2NC(=O)CCNC(=O)OCC2c3ccccc3-c3ccccc32)[C@H](OC(C)=O)[C@@H](OC(C)=O)[C@H]1OC(C)=O.ClCCl. The molecule has 0 radical (unpaired) electrons. The molecule has 5 rings (SSSR count). The number of halogens is 2. The van der Waals surface area contributed by atoms with E-state index in [0.29, 0.717) is 5.56 Å². The number of rotatable bonds is 14. The summed E-state index contributed by atoms with van der Waals surface area (Å²) in [6.45, 7) is 3.57. The zero-order chi connectivity index (χ0) is 42.4. The van der Waals surface area contributed by atoms with Crippen LogP contribution in [0.25, 0.3) is 11.1 Å². The van der Waals surface area contributed by atoms with Crippen LogP contribution in [0.3, 0.4) is 0 Å². The summed E-state index contributed by atoms with van der Waals surface area (Å²) < 4.78 is 39.1. The number of alkyl carbamates (subject to hydrolysis) is 1. The summed E-state index contributed by atoms with van der Waals surface area (Å²) in [6.07, 6.45) is -8.15. The first kappa shape index (κ1) is 45.3. The maximum Gasteiger partial charge on any atom is 0.407 e. The van der Waals surface area contributed by atoms with Crippen molar-refractivity contribution in [3.8, 4) is 16.9 Å². The number of amides is 2. The Morgan fingerprint density at radius 3 is 1.86 bits per heavy atom. The van der Waals surface area contributed by atoms with Gasteiger partial charge in [-0.15, -0.1) is 23.2 Å². The van der Waals surface area contributed by atoms with Crippen molar-refractivity contribution in [1.82, 2.24) is 5.32 Å². The molecular weight excluding hydrogens is 803 g/mol. The van der Waals surface area contributed by atoms with Crippen LogP contribution in [0.2, 0.25) is 0 Å². The van der Waals surface area contributed by atoms with E-state index in [2.05, 4.69) is 10.6 Å². The molecule has 0 bridgehead atoms. The van der Waals surface area contributed by atoms with E-state index in [-0.39, 0.29) is 42.3 Å². The van der Waals surface area contributed by atoms with Crippen LogP contribution < -0.4 is 15.4 Å². The Morgan fingerprint density at radius 1 is 0.724 bits per heavy atom. The molecular formula is C40H44Cl2N2O14. The van der Waals surface area contributed by atoms with E-state index in [1.807, 2.05) is 48.5 Å². The minimum Gasteiger partial charge on any atom is -0.463 e. The van der Waals surface area contributed by atoms with Gasteiger partial charge in [0, 0.05) is 46.6 Å². The van der Waals surface area contributed by atoms with Gasteiger partial charge in [0.05, 0.1) is 17.6 Å². The fourth-order valence-electron chi connectivity index (χ4n) is 6.42. The van der Waals surface area contributed by atoms with Crippen molar-refractivity contribution in [2.45, 2.75) is 77.3 Å². The number of benzene rings is 3. The maximum absolute atomic E-state index is 13.1. The first-order valence-electron chi connectivity index (χ1n) is 18.0. The predicted octanol–water partition coefficient (Wildman–Crippen LogP) is 4.93. The lowest BCUT2D eigenvalue weighted by Crippen LogP contribution is -2.63. The number of hydrogen-bond acceptors (Lipinski definition) is 14. The Balaban J connectivity index is 0.00000240. The maximum atomic E-state index is 13.1. The summed E-state index contributed by atoms with van der Waals surface area (Å²) in [7, 11) is 0. The molecule has 1 heterocycles. The van der Waals surface area contributed by atoms with Crippen molar-refractivity contribution in [2.24, 2.45) is 0 Å². The Kier molecular flexibility index (Phi) is 17.1. The van der Waals surface area contributed by atoms with Gasteiger partial charge in [-0.25, -0.2) is 4.79 Å². The van der Waals surface area contributed by atoms with E-state index in [1.54, 1.807) is 0 Å². The molecule has 18 heteroatoms. The molecule has 0 aromatic heterocycles. The summed E-state index contributed by atoms with van der Waals surface area (Å²) in [5.41, 5.74) is 4.75. The summed E-state index contributed by atoms with van der Waals surface area (Å²) in [6, 6.07) is 20.2. The number of alkyl halides is 2. The van der Waals surface area contributed by atoms with E-state index < -0.39 is 79.8 Å². The monoisotopic (exact) mass is 846 g/mol. The van der Waals surface area contributed by atoms with Gasteiger partial charge in [-0.05, 0) is 39.9 Å². The highest BCUT2D eigenvalue weighted by molar-refractivity contribution is 6.40. The highest BCUT2D eigenvalue weighted by Gasteiger charge is 2.53. The molecule has 1 saturated heterocycles. The number of aliphatic hydroxyl groups is 1. The van der Waals surface area contributed by atoms with Gasteiger partial charge in [-0.3, -0.25) is 24.0 Å². The molecule has 3 aromatic carbocycles. The molecule has 1 fully saturated rings. The summed E-state index contributed by atoms with van der Waals surface area (Å²) >= 11 is 9.53. The minimum absolute atomic E-state index is 0.0315. The molecule has 0 spiro atoms. The number of esters is 4. The zero-order valence-electron chi connectivity index (χ0n) is 32.1. The molecule has 3 N–H and O–H groups in total. The summed E-state index contributed by atoms with van der Waals surface area (Å²) in [5, 5.41) is 15.3. The number of carbonyl (C=O) groups is 6. The summed E-state index contributed by atoms with van der Waals surface area (Å²) in [4.78, 5) is 74.0. The van der Waals surface area contributed by atoms with Crippen LogP contribution in [-0.2, 0) is 59.0 Å². The molecule has 58 heavy (non-hydrogen) atoms. The van der Waals surface area contributed by atoms with Crippen LogP contribution in [0.5, 0.6) is 5.75 Å². The number of carbonyl (C=O) groups excluding carboxylic acids is 6. The lowest BCUT2D eigenvalue weighted by Gasteiger charge is -2.44. The largest absolute Gasteiger partial charge is 0.463 e. The van der Waals surface area contributed by atoms with Gasteiger partial charge in [0.2, 0.25) is 18.3 Å². The highest BCUT2D eigenvalue weighted by Crippen LogP contribution is 2.44. The quantitative estimate of drug-likeness (QED) is 0.112. The van der Waals surface area contributed by atoms with Gasteiger partial charge in [0.15, 0.2) is 12.2 Å². The van der Waals surface area contributed by atoms with E-state index in [0.717, 1.165) is 49.9 Å². The standard InChI is InChI=1S/C39H42N2O14.CH2Cl2/c1-21(43)49-20-33-35(51-22(2)44)36(52-23(3)45)37(53-24(4)46)38(55-33)54-32-14-13-25(18-42)17-31(32)41-34(47)15-16-40-39(48)50-19-30-28-11-7-5-9-26(28)27-10-6-8-12-29(27)30;2-1-3/h5-14,17,30,33,35-38,42H,15-16,18-20H2,1-4H3,(H,40,48)(H,41,47);1H2/t33-,35+,36+,37-,38-;/m1./s1. The van der Waals surface area contributed by atoms with Crippen molar-refractivity contribution < 1.29 is 67.0 Å². The average molecular weight is 848 g/mol. The molecule has 312 valence electrons. The van der Waals surface area contributed by atoms with Crippen LogP contribution in [0.4, 0.5) is 10.5 Å². The van der Waals surface area contributed by atoms with Crippen molar-refractivity contribution in [1.29, 1.82) is 0 Å². The molecule has 3 aromatic rings. The van der Waals surface area contributed by atoms with E-state index in [9.17, 15) is 33.9 Å². The van der Waals surface area contributed by atoms with Gasteiger partial charge in [0.25, 0.3) is 0 Å². The smallest absolute Gasteiger partial charge is 0.407 e. The Bertz CT molecular complexity index is 1900. The number of aliphatic hydroxyl groups excluding tert-OH is 1. The Labute approximate surface area is 344 Å². The molecule has 1 aliphatic carbocycles. The number of ether oxygens (including phenoxy) is 7. The molecule has 5 atom stereocenters. The van der Waals surface area contributed by atoms with Crippen LogP contribution in [0.1, 0.15) is 56.7 Å². The van der Waals surface area contributed by atoms with Crippen LogP contribution >= 0.6 is 23.2 Å². The molecule has 1 aliphatic heterocycles. The van der Waals surface area contributed by atoms with Crippen molar-refractivity contribution in [3.63, 3.8) is 0 Å². The average Bonchev–Trinajstić information content (AvgIpc) is 3.49. The fourth-order valence-corrected chi connectivity index (χ4v) is 6.42. The topological polar surface area (TPSA) is 211 Å². The second-order valence-corrected chi connectivity index (χ2v) is 13.6. The lowest BCUT2D eigenvalue weighted by atomic mass is 9.98. The van der Waals surface area contributed by atoms with Crippen molar-refractivity contribution in [2.75, 3.05) is 30.4 Å². The molecule has 2 amide bonds. The zero-order valence-corrected chi connectivity index (χ0v) is 33.6. The first-order valence-corrected chi connectivity index (χ1v) is 19.0. The molecule has 0 unspecified atom stereocenters. The fraction of sp³-hybridized carbons (Fsp3) is 0.400. The van der Waals surface area contributed by atoms with Crippen LogP contribution in [0, 0.1) is 0 Å². The van der Waals surface area contributed by atoms with Gasteiger partial charge >= 0.3 is 30.0 Å². The van der Waals surface area contributed by atoms with Crippen LogP contribution in [-0.4, -0.2) is 96.8 Å². The van der Waals surface area contributed by atoms with E-state index >= 15 is 0 Å². The Morgan fingerprint density at radius 2 is 1.29 bits per heavy atom. The molecule has 2 aliphatic rings. The van der Waals surface area contributed by atoms with E-state index in [1.165, 1.54) is 18.2 Å². The normalized spacial score (nSPS) is 19.1. The third kappa shape index (κ3) is 12.5. The lowest BCUT2D eigenvalue weighted by molar-refractivity contribution is -0.288.